The second kappa shape index (κ2) is 2.91. The molecule has 1 nitrogen and oxygen atoms in total. The van der Waals surface area contributed by atoms with Crippen molar-refractivity contribution in [1.82, 2.24) is 0 Å². The van der Waals surface area contributed by atoms with Crippen molar-refractivity contribution in [1.29, 1.82) is 0 Å². The molecule has 1 saturated heterocycles. The highest BCUT2D eigenvalue weighted by molar-refractivity contribution is 5.17. The maximum absolute atomic E-state index is 5.15. The zero-order chi connectivity index (χ0) is 8.44. The molecule has 1 fully saturated rings. The molecule has 1 aliphatic heterocycles. The SMILES string of the molecule is [CH2]C1(Cc2ccccc2)COC1. The Bertz CT molecular complexity index is 249. The van der Waals surface area contributed by atoms with Crippen LogP contribution in [0.2, 0.25) is 0 Å². The Morgan fingerprint density at radius 3 is 2.42 bits per heavy atom. The summed E-state index contributed by atoms with van der Waals surface area (Å²) >= 11 is 0. The highest BCUT2D eigenvalue weighted by Gasteiger charge is 2.33. The fraction of sp³-hybridized carbons (Fsp3) is 0.364. The van der Waals surface area contributed by atoms with Gasteiger partial charge in [0.2, 0.25) is 0 Å². The van der Waals surface area contributed by atoms with E-state index in [9.17, 15) is 0 Å². The van der Waals surface area contributed by atoms with E-state index in [1.165, 1.54) is 5.56 Å². The van der Waals surface area contributed by atoms with Gasteiger partial charge in [0.05, 0.1) is 13.2 Å². The highest BCUT2D eigenvalue weighted by atomic mass is 16.5. The Kier molecular flexibility index (Phi) is 1.89. The van der Waals surface area contributed by atoms with Crippen molar-refractivity contribution in [2.45, 2.75) is 6.42 Å². The molecular weight excluding hydrogens is 148 g/mol. The number of benzene rings is 1. The number of hydrogen-bond donors (Lipinski definition) is 0. The van der Waals surface area contributed by atoms with E-state index in [0.29, 0.717) is 0 Å². The zero-order valence-corrected chi connectivity index (χ0v) is 7.12. The molecule has 1 aliphatic rings. The van der Waals surface area contributed by atoms with Crippen LogP contribution in [0.3, 0.4) is 0 Å². The van der Waals surface area contributed by atoms with E-state index in [0.717, 1.165) is 19.6 Å². The maximum atomic E-state index is 5.15. The molecule has 0 N–H and O–H groups in total. The van der Waals surface area contributed by atoms with Crippen LogP contribution in [-0.2, 0) is 11.2 Å². The van der Waals surface area contributed by atoms with Gasteiger partial charge in [0.1, 0.15) is 0 Å². The van der Waals surface area contributed by atoms with Crippen LogP contribution in [0.15, 0.2) is 30.3 Å². The van der Waals surface area contributed by atoms with Crippen molar-refractivity contribution in [2.24, 2.45) is 5.41 Å². The summed E-state index contributed by atoms with van der Waals surface area (Å²) in [5.41, 5.74) is 1.51. The first-order valence-electron chi connectivity index (χ1n) is 4.26. The van der Waals surface area contributed by atoms with Gasteiger partial charge in [-0.2, -0.15) is 0 Å². The molecular formula is C11H13O. The summed E-state index contributed by atoms with van der Waals surface area (Å²) < 4.78 is 5.15. The van der Waals surface area contributed by atoms with E-state index in [2.05, 4.69) is 31.2 Å². The topological polar surface area (TPSA) is 9.23 Å². The van der Waals surface area contributed by atoms with Gasteiger partial charge in [-0.3, -0.25) is 0 Å². The summed E-state index contributed by atoms with van der Waals surface area (Å²) in [6, 6.07) is 10.5. The zero-order valence-electron chi connectivity index (χ0n) is 7.12. The lowest BCUT2D eigenvalue weighted by Crippen LogP contribution is -2.41. The van der Waals surface area contributed by atoms with Crippen LogP contribution in [0.5, 0.6) is 0 Å². The summed E-state index contributed by atoms with van der Waals surface area (Å²) in [6.07, 6.45) is 1.04. The van der Waals surface area contributed by atoms with Gasteiger partial charge < -0.3 is 4.74 Å². The quantitative estimate of drug-likeness (QED) is 0.645. The van der Waals surface area contributed by atoms with Crippen LogP contribution in [0.25, 0.3) is 0 Å². The summed E-state index contributed by atoms with van der Waals surface area (Å²) in [4.78, 5) is 0. The molecule has 0 atom stereocenters. The average molecular weight is 161 g/mol. The number of hydrogen-bond acceptors (Lipinski definition) is 1. The normalized spacial score (nSPS) is 20.1. The lowest BCUT2D eigenvalue weighted by molar-refractivity contribution is -0.0835. The van der Waals surface area contributed by atoms with Gasteiger partial charge >= 0.3 is 0 Å². The molecule has 12 heavy (non-hydrogen) atoms. The molecule has 0 aromatic heterocycles. The molecule has 0 unspecified atom stereocenters. The van der Waals surface area contributed by atoms with E-state index in [-0.39, 0.29) is 5.41 Å². The number of ether oxygens (including phenoxy) is 1. The van der Waals surface area contributed by atoms with E-state index in [4.69, 9.17) is 4.74 Å². The largest absolute Gasteiger partial charge is 0.380 e. The minimum absolute atomic E-state index is 0.154. The van der Waals surface area contributed by atoms with Crippen molar-refractivity contribution < 1.29 is 4.74 Å². The smallest absolute Gasteiger partial charge is 0.0548 e. The Balaban J connectivity index is 2.04. The molecule has 63 valence electrons. The van der Waals surface area contributed by atoms with Crippen LogP contribution in [0.4, 0.5) is 0 Å². The van der Waals surface area contributed by atoms with Crippen molar-refractivity contribution in [3.05, 3.63) is 42.8 Å². The van der Waals surface area contributed by atoms with Crippen LogP contribution >= 0.6 is 0 Å². The van der Waals surface area contributed by atoms with Crippen LogP contribution in [0, 0.1) is 12.3 Å². The van der Waals surface area contributed by atoms with Crippen LogP contribution < -0.4 is 0 Å². The van der Waals surface area contributed by atoms with Crippen molar-refractivity contribution in [3.63, 3.8) is 0 Å². The molecule has 0 bridgehead atoms. The standard InChI is InChI=1S/C11H13O/c1-11(8-12-9-11)7-10-5-3-2-4-6-10/h2-6H,1,7-9H2. The predicted octanol–water partition coefficient (Wildman–Crippen LogP) is 2.08. The van der Waals surface area contributed by atoms with Crippen molar-refractivity contribution in [2.75, 3.05) is 13.2 Å². The van der Waals surface area contributed by atoms with Gasteiger partial charge in [-0.25, -0.2) is 0 Å². The lowest BCUT2D eigenvalue weighted by Gasteiger charge is -2.38. The average Bonchev–Trinajstić information content (AvgIpc) is 2.04. The third-order valence-electron chi connectivity index (χ3n) is 2.24. The van der Waals surface area contributed by atoms with Gasteiger partial charge in [-0.15, -0.1) is 0 Å². The van der Waals surface area contributed by atoms with Crippen LogP contribution in [-0.4, -0.2) is 13.2 Å². The van der Waals surface area contributed by atoms with E-state index in [1.54, 1.807) is 0 Å². The second-order valence-electron chi connectivity index (χ2n) is 3.66. The molecule has 0 amide bonds. The molecule has 0 saturated carbocycles. The van der Waals surface area contributed by atoms with Gasteiger partial charge in [0.15, 0.2) is 0 Å². The molecule has 0 spiro atoms. The Morgan fingerprint density at radius 2 is 1.92 bits per heavy atom. The van der Waals surface area contributed by atoms with E-state index < -0.39 is 0 Å². The molecule has 1 heterocycles. The molecule has 1 aromatic rings. The van der Waals surface area contributed by atoms with Crippen molar-refractivity contribution in [3.8, 4) is 0 Å². The summed E-state index contributed by atoms with van der Waals surface area (Å²) in [5.74, 6) is 0. The Labute approximate surface area is 73.4 Å². The van der Waals surface area contributed by atoms with Crippen molar-refractivity contribution >= 4 is 0 Å². The molecule has 2 rings (SSSR count). The molecule has 1 aromatic carbocycles. The maximum Gasteiger partial charge on any atom is 0.0548 e. The van der Waals surface area contributed by atoms with Gasteiger partial charge in [0.25, 0.3) is 0 Å². The fourth-order valence-corrected chi connectivity index (χ4v) is 1.52. The van der Waals surface area contributed by atoms with E-state index >= 15 is 0 Å². The van der Waals surface area contributed by atoms with E-state index in [1.807, 2.05) is 6.07 Å². The van der Waals surface area contributed by atoms with Crippen LogP contribution in [0.1, 0.15) is 5.56 Å². The molecule has 1 heteroatoms. The third kappa shape index (κ3) is 1.51. The Hall–Kier alpha value is -0.820. The second-order valence-corrected chi connectivity index (χ2v) is 3.66. The first-order valence-corrected chi connectivity index (χ1v) is 4.26. The van der Waals surface area contributed by atoms with Gasteiger partial charge in [0, 0.05) is 5.41 Å². The predicted molar refractivity (Wildman–Crippen MR) is 48.8 cm³/mol. The summed E-state index contributed by atoms with van der Waals surface area (Å²) in [7, 11) is 0. The first kappa shape index (κ1) is 7.81. The summed E-state index contributed by atoms with van der Waals surface area (Å²) in [5, 5.41) is 0. The summed E-state index contributed by atoms with van der Waals surface area (Å²) in [6.45, 7) is 5.76. The fourth-order valence-electron chi connectivity index (χ4n) is 1.52. The van der Waals surface area contributed by atoms with Gasteiger partial charge in [-0.05, 0) is 18.9 Å². The lowest BCUT2D eigenvalue weighted by atomic mass is 9.82. The molecule has 0 aliphatic carbocycles. The minimum atomic E-state index is 0.154. The minimum Gasteiger partial charge on any atom is -0.380 e. The van der Waals surface area contributed by atoms with Gasteiger partial charge in [-0.1, -0.05) is 30.3 Å². The number of rotatable bonds is 2. The monoisotopic (exact) mass is 161 g/mol. The first-order chi connectivity index (χ1) is 5.79. The Morgan fingerprint density at radius 1 is 1.25 bits per heavy atom. The molecule has 1 radical (unpaired) electrons. The third-order valence-corrected chi connectivity index (χ3v) is 2.24. The highest BCUT2D eigenvalue weighted by Crippen LogP contribution is 2.30.